The van der Waals surface area contributed by atoms with Crippen LogP contribution in [0.3, 0.4) is 0 Å². The lowest BCUT2D eigenvalue weighted by Gasteiger charge is -2.33. The maximum Gasteiger partial charge on any atom is 0.164 e. The number of fused-ring (bicyclic) bond motifs is 7. The third-order valence-corrected chi connectivity index (χ3v) is 12.2. The van der Waals surface area contributed by atoms with Crippen LogP contribution in [-0.4, -0.2) is 15.0 Å². The van der Waals surface area contributed by atoms with Gasteiger partial charge in [-0.3, -0.25) is 0 Å². The van der Waals surface area contributed by atoms with Gasteiger partial charge in [0.15, 0.2) is 17.5 Å². The van der Waals surface area contributed by atoms with Crippen molar-refractivity contribution in [1.82, 2.24) is 15.0 Å². The van der Waals surface area contributed by atoms with Crippen LogP contribution in [0.4, 0.5) is 0 Å². The largest absolute Gasteiger partial charge is 0.456 e. The van der Waals surface area contributed by atoms with Crippen molar-refractivity contribution in [2.75, 3.05) is 0 Å². The molecule has 4 nitrogen and oxygen atoms in total. The zero-order valence-corrected chi connectivity index (χ0v) is 32.5. The SMILES string of the molecule is c1ccc(-c2nc(-c3ccccc3)nc(-c3ccc(-c4cccc5oc6ccc(C7(c8ccccc8)c8ccccc8-c8ccccc87)cc6c45)c4ccccc34)n2)cc1. The van der Waals surface area contributed by atoms with Crippen LogP contribution in [0.5, 0.6) is 0 Å². The van der Waals surface area contributed by atoms with Crippen molar-refractivity contribution in [3.8, 4) is 56.4 Å². The average molecular weight is 766 g/mol. The van der Waals surface area contributed by atoms with E-state index in [9.17, 15) is 0 Å². The molecule has 60 heavy (non-hydrogen) atoms. The van der Waals surface area contributed by atoms with E-state index in [1.54, 1.807) is 0 Å². The fourth-order valence-corrected chi connectivity index (χ4v) is 9.65. The fraction of sp³-hybridized carbons (Fsp3) is 0.0179. The summed E-state index contributed by atoms with van der Waals surface area (Å²) in [5.74, 6) is 1.91. The van der Waals surface area contributed by atoms with E-state index >= 15 is 0 Å². The number of furan rings is 1. The molecule has 0 saturated heterocycles. The Morgan fingerprint density at radius 3 is 1.48 bits per heavy atom. The van der Waals surface area contributed by atoms with Crippen molar-refractivity contribution >= 4 is 32.7 Å². The number of hydrogen-bond donors (Lipinski definition) is 0. The van der Waals surface area contributed by atoms with Crippen LogP contribution in [0.25, 0.3) is 89.1 Å². The molecule has 2 heterocycles. The van der Waals surface area contributed by atoms with Gasteiger partial charge in [-0.1, -0.05) is 188 Å². The Morgan fingerprint density at radius 1 is 0.317 bits per heavy atom. The van der Waals surface area contributed by atoms with Gasteiger partial charge in [0.1, 0.15) is 11.2 Å². The summed E-state index contributed by atoms with van der Waals surface area (Å²) in [5, 5.41) is 4.34. The molecule has 2 aromatic heterocycles. The summed E-state index contributed by atoms with van der Waals surface area (Å²) in [7, 11) is 0. The van der Waals surface area contributed by atoms with Crippen molar-refractivity contribution < 1.29 is 4.42 Å². The zero-order chi connectivity index (χ0) is 39.6. The topological polar surface area (TPSA) is 51.8 Å². The molecule has 0 saturated carbocycles. The Balaban J connectivity index is 1.08. The van der Waals surface area contributed by atoms with E-state index in [1.165, 1.54) is 33.4 Å². The minimum atomic E-state index is -0.517. The Hall–Kier alpha value is -7.95. The number of benzene rings is 9. The first kappa shape index (κ1) is 34.1. The first-order chi connectivity index (χ1) is 29.8. The second kappa shape index (κ2) is 13.6. The monoisotopic (exact) mass is 765 g/mol. The van der Waals surface area contributed by atoms with Gasteiger partial charge in [-0.15, -0.1) is 0 Å². The Morgan fingerprint density at radius 2 is 0.833 bits per heavy atom. The van der Waals surface area contributed by atoms with Gasteiger partial charge in [-0.2, -0.15) is 0 Å². The van der Waals surface area contributed by atoms with E-state index < -0.39 is 5.41 Å². The third kappa shape index (κ3) is 5.14. The Kier molecular flexibility index (Phi) is 7.72. The molecule has 1 aliphatic carbocycles. The van der Waals surface area contributed by atoms with Crippen molar-refractivity contribution in [1.29, 1.82) is 0 Å². The molecular formula is C56H35N3O. The molecule has 12 rings (SSSR count). The van der Waals surface area contributed by atoms with Gasteiger partial charge < -0.3 is 4.42 Å². The Bertz CT molecular complexity index is 3330. The first-order valence-corrected chi connectivity index (χ1v) is 20.4. The van der Waals surface area contributed by atoms with Gasteiger partial charge in [-0.25, -0.2) is 15.0 Å². The van der Waals surface area contributed by atoms with Gasteiger partial charge >= 0.3 is 0 Å². The van der Waals surface area contributed by atoms with Gasteiger partial charge in [-0.05, 0) is 79.5 Å². The first-order valence-electron chi connectivity index (χ1n) is 20.4. The van der Waals surface area contributed by atoms with E-state index in [2.05, 4.69) is 152 Å². The van der Waals surface area contributed by atoms with E-state index in [4.69, 9.17) is 19.4 Å². The van der Waals surface area contributed by atoms with Crippen LogP contribution in [0.15, 0.2) is 217 Å². The highest BCUT2D eigenvalue weighted by molar-refractivity contribution is 6.16. The standard InChI is InChI=1S/C56H35N3O/c1-4-17-36(18-5-1)53-57-54(37-19-6-2-7-20-37)59-55(58-53)46-33-32-42(40-23-10-11-24-41(40)46)45-27-16-30-51-52(45)47-35-39(31-34-50(47)60-51)56(38-21-8-3-9-22-38)48-28-14-12-25-43(48)44-26-13-15-29-49(44)56/h1-35H. The minimum absolute atomic E-state index is 0.517. The van der Waals surface area contributed by atoms with Gasteiger partial charge in [0.05, 0.1) is 5.41 Å². The molecule has 0 N–H and O–H groups in total. The molecule has 0 spiro atoms. The highest BCUT2D eigenvalue weighted by Gasteiger charge is 2.46. The predicted octanol–water partition coefficient (Wildman–Crippen LogP) is 14.0. The van der Waals surface area contributed by atoms with Gasteiger partial charge in [0, 0.05) is 27.5 Å². The molecule has 9 aromatic carbocycles. The second-order valence-corrected chi connectivity index (χ2v) is 15.4. The quantitative estimate of drug-likeness (QED) is 0.169. The maximum atomic E-state index is 6.70. The molecule has 1 aliphatic rings. The summed E-state index contributed by atoms with van der Waals surface area (Å²) in [4.78, 5) is 15.2. The van der Waals surface area contributed by atoms with E-state index in [-0.39, 0.29) is 0 Å². The lowest BCUT2D eigenvalue weighted by molar-refractivity contribution is 0.668. The lowest BCUT2D eigenvalue weighted by Crippen LogP contribution is -2.28. The lowest BCUT2D eigenvalue weighted by atomic mass is 9.67. The maximum absolute atomic E-state index is 6.70. The molecule has 0 amide bonds. The van der Waals surface area contributed by atoms with Crippen LogP contribution in [-0.2, 0) is 5.41 Å². The Labute approximate surface area is 347 Å². The second-order valence-electron chi connectivity index (χ2n) is 15.4. The number of nitrogens with zero attached hydrogens (tertiary/aromatic N) is 3. The zero-order valence-electron chi connectivity index (χ0n) is 32.5. The van der Waals surface area contributed by atoms with Crippen molar-refractivity contribution in [2.45, 2.75) is 5.41 Å². The van der Waals surface area contributed by atoms with Gasteiger partial charge in [0.25, 0.3) is 0 Å². The smallest absolute Gasteiger partial charge is 0.164 e. The van der Waals surface area contributed by atoms with Crippen LogP contribution in [0.1, 0.15) is 22.3 Å². The van der Waals surface area contributed by atoms with Crippen LogP contribution >= 0.6 is 0 Å². The fourth-order valence-electron chi connectivity index (χ4n) is 9.65. The predicted molar refractivity (Wildman–Crippen MR) is 244 cm³/mol. The number of rotatable bonds is 6. The van der Waals surface area contributed by atoms with Crippen molar-refractivity contribution in [3.05, 3.63) is 235 Å². The van der Waals surface area contributed by atoms with E-state index in [0.717, 1.165) is 60.5 Å². The normalized spacial score (nSPS) is 12.8. The molecule has 0 aliphatic heterocycles. The molecule has 4 heteroatoms. The van der Waals surface area contributed by atoms with Crippen molar-refractivity contribution in [3.63, 3.8) is 0 Å². The number of hydrogen-bond acceptors (Lipinski definition) is 4. The minimum Gasteiger partial charge on any atom is -0.456 e. The van der Waals surface area contributed by atoms with Crippen LogP contribution < -0.4 is 0 Å². The van der Waals surface area contributed by atoms with E-state index in [1.807, 2.05) is 60.7 Å². The highest BCUT2D eigenvalue weighted by Crippen LogP contribution is 2.56. The molecule has 0 atom stereocenters. The van der Waals surface area contributed by atoms with Crippen LogP contribution in [0.2, 0.25) is 0 Å². The van der Waals surface area contributed by atoms with Gasteiger partial charge in [0.2, 0.25) is 0 Å². The third-order valence-electron chi connectivity index (χ3n) is 12.2. The summed E-state index contributed by atoms with van der Waals surface area (Å²) in [6.45, 7) is 0. The summed E-state index contributed by atoms with van der Waals surface area (Å²) >= 11 is 0. The summed E-state index contributed by atoms with van der Waals surface area (Å²) in [6.07, 6.45) is 0. The summed E-state index contributed by atoms with van der Waals surface area (Å²) < 4.78 is 6.70. The average Bonchev–Trinajstić information content (AvgIpc) is 3.86. The molecule has 0 unspecified atom stereocenters. The van der Waals surface area contributed by atoms with E-state index in [0.29, 0.717) is 17.5 Å². The molecule has 11 aromatic rings. The molecule has 0 radical (unpaired) electrons. The molecule has 280 valence electrons. The number of aromatic nitrogens is 3. The summed E-state index contributed by atoms with van der Waals surface area (Å²) in [5.41, 5.74) is 13.8. The summed E-state index contributed by atoms with van der Waals surface area (Å²) in [6, 6.07) is 75.2. The van der Waals surface area contributed by atoms with Crippen LogP contribution in [0, 0.1) is 0 Å². The molecule has 0 bridgehead atoms. The highest BCUT2D eigenvalue weighted by atomic mass is 16.3. The van der Waals surface area contributed by atoms with Crippen molar-refractivity contribution in [2.24, 2.45) is 0 Å². The molecule has 0 fully saturated rings. The molecular weight excluding hydrogens is 731 g/mol.